The molecule has 0 N–H and O–H groups in total. The first-order valence-corrected chi connectivity index (χ1v) is 16.4. The third-order valence-corrected chi connectivity index (χ3v) is 9.52. The maximum Gasteiger partial charge on any atom is 0.306 e. The number of aromatic nitrogens is 2. The minimum Gasteiger partial charge on any atom is -0.480 e. The van der Waals surface area contributed by atoms with Gasteiger partial charge in [0, 0.05) is 24.1 Å². The summed E-state index contributed by atoms with van der Waals surface area (Å²) in [4.78, 5) is 41.0. The summed E-state index contributed by atoms with van der Waals surface area (Å²) in [6, 6.07) is 6.61. The summed E-state index contributed by atoms with van der Waals surface area (Å²) < 4.78 is 10.2. The van der Waals surface area contributed by atoms with E-state index in [2.05, 4.69) is 60.2 Å². The number of aldehydes is 1. The van der Waals surface area contributed by atoms with Crippen molar-refractivity contribution in [1.29, 1.82) is 0 Å². The third-order valence-electron chi connectivity index (χ3n) is 9.52. The molecule has 238 valence electrons. The molecular formula is C37H46N4O4. The number of nitrogens with zero attached hydrogens (tertiary/aromatic N) is 4. The largest absolute Gasteiger partial charge is 0.480 e. The van der Waals surface area contributed by atoms with Crippen LogP contribution in [0.1, 0.15) is 81.0 Å². The van der Waals surface area contributed by atoms with Gasteiger partial charge in [-0.25, -0.2) is 4.98 Å². The zero-order chi connectivity index (χ0) is 31.8. The SMILES string of the molecule is CCC1CC(c2cncc(OC)n2)=CC2=C(C1=Nc1ccc(C3CCN(CCC(=O)OC)CC3)c(C)c1)C(C=O)CCCC=C2. The number of aryl methyl sites for hydroxylation is 1. The Kier molecular flexibility index (Phi) is 11.1. The fourth-order valence-corrected chi connectivity index (χ4v) is 6.96. The number of allylic oxidation sites excluding steroid dienone is 6. The van der Waals surface area contributed by atoms with E-state index in [9.17, 15) is 9.59 Å². The highest BCUT2D eigenvalue weighted by atomic mass is 16.5. The molecule has 2 heterocycles. The van der Waals surface area contributed by atoms with Gasteiger partial charge in [0.05, 0.1) is 44.4 Å². The molecule has 0 radical (unpaired) electrons. The molecule has 2 unspecified atom stereocenters. The molecule has 0 saturated carbocycles. The van der Waals surface area contributed by atoms with Crippen molar-refractivity contribution in [2.45, 2.75) is 71.1 Å². The van der Waals surface area contributed by atoms with Crippen molar-refractivity contribution < 1.29 is 19.1 Å². The maximum absolute atomic E-state index is 12.6. The number of ether oxygens (including phenoxy) is 2. The van der Waals surface area contributed by atoms with Gasteiger partial charge in [-0.05, 0) is 117 Å². The number of hydrogen-bond donors (Lipinski definition) is 0. The average molecular weight is 611 g/mol. The van der Waals surface area contributed by atoms with Gasteiger partial charge in [0.25, 0.3) is 0 Å². The fourth-order valence-electron chi connectivity index (χ4n) is 6.96. The standard InChI is InChI=1S/C37H46N4O4/c1-5-26-20-30(33-22-38-23-34(40-33)44-3)21-28-9-7-6-8-10-29(24-42)36(28)37(26)39-31-11-12-32(25(2)19-31)27-13-16-41(17-14-27)18-15-35(43)45-4/h7,9,11-12,19,21-24,26-27,29H,5-6,8,10,13-18,20H2,1-4H3. The summed E-state index contributed by atoms with van der Waals surface area (Å²) in [5.74, 6) is 0.719. The van der Waals surface area contributed by atoms with Gasteiger partial charge in [-0.2, -0.15) is 0 Å². The molecule has 2 aliphatic carbocycles. The molecule has 5 rings (SSSR count). The summed E-state index contributed by atoms with van der Waals surface area (Å²) in [5.41, 5.74) is 8.49. The monoisotopic (exact) mass is 610 g/mol. The quantitative estimate of drug-likeness (QED) is 0.223. The molecule has 1 fully saturated rings. The predicted molar refractivity (Wildman–Crippen MR) is 178 cm³/mol. The van der Waals surface area contributed by atoms with Crippen LogP contribution in [-0.4, -0.2) is 66.7 Å². The smallest absolute Gasteiger partial charge is 0.306 e. The van der Waals surface area contributed by atoms with E-state index < -0.39 is 0 Å². The van der Waals surface area contributed by atoms with E-state index in [0.717, 1.165) is 105 Å². The number of benzene rings is 1. The van der Waals surface area contributed by atoms with Gasteiger partial charge in [0.1, 0.15) is 6.29 Å². The summed E-state index contributed by atoms with van der Waals surface area (Å²) in [7, 11) is 3.05. The lowest BCUT2D eigenvalue weighted by Gasteiger charge is -2.32. The fraction of sp³-hybridized carbons (Fsp3) is 0.486. The second-order valence-corrected chi connectivity index (χ2v) is 12.4. The lowest BCUT2D eigenvalue weighted by atomic mass is 9.81. The van der Waals surface area contributed by atoms with Crippen LogP contribution in [0, 0.1) is 18.8 Å². The van der Waals surface area contributed by atoms with Crippen LogP contribution in [0.2, 0.25) is 0 Å². The highest BCUT2D eigenvalue weighted by molar-refractivity contribution is 6.08. The maximum atomic E-state index is 12.6. The van der Waals surface area contributed by atoms with Crippen molar-refractivity contribution in [2.75, 3.05) is 33.9 Å². The lowest BCUT2D eigenvalue weighted by molar-refractivity contribution is -0.141. The lowest BCUT2D eigenvalue weighted by Crippen LogP contribution is -2.34. The normalized spacial score (nSPS) is 22.2. The molecule has 2 atom stereocenters. The van der Waals surface area contributed by atoms with Gasteiger partial charge in [-0.1, -0.05) is 25.1 Å². The number of carbonyl (C=O) groups excluding carboxylic acids is 2. The van der Waals surface area contributed by atoms with Crippen molar-refractivity contribution in [3.8, 4) is 5.88 Å². The Labute approximate surface area is 267 Å². The minimum absolute atomic E-state index is 0.112. The number of aliphatic imine (C=N–C) groups is 1. The van der Waals surface area contributed by atoms with Crippen molar-refractivity contribution in [3.05, 3.63) is 76.8 Å². The van der Waals surface area contributed by atoms with Crippen LogP contribution >= 0.6 is 0 Å². The second kappa shape index (κ2) is 15.4. The van der Waals surface area contributed by atoms with Gasteiger partial charge in [-0.3, -0.25) is 14.8 Å². The van der Waals surface area contributed by atoms with Crippen LogP contribution in [0.15, 0.2) is 65.0 Å². The van der Waals surface area contributed by atoms with E-state index in [4.69, 9.17) is 19.5 Å². The van der Waals surface area contributed by atoms with Crippen molar-refractivity contribution in [3.63, 3.8) is 0 Å². The van der Waals surface area contributed by atoms with E-state index in [1.807, 2.05) is 0 Å². The molecule has 1 saturated heterocycles. The molecular weight excluding hydrogens is 564 g/mol. The zero-order valence-electron chi connectivity index (χ0n) is 27.1. The predicted octanol–water partition coefficient (Wildman–Crippen LogP) is 6.97. The molecule has 0 amide bonds. The number of methoxy groups -OCH3 is 2. The number of esters is 1. The number of rotatable bonds is 9. The van der Waals surface area contributed by atoms with E-state index in [-0.39, 0.29) is 17.8 Å². The molecule has 3 aliphatic rings. The van der Waals surface area contributed by atoms with Crippen LogP contribution in [0.25, 0.3) is 5.57 Å². The van der Waals surface area contributed by atoms with Gasteiger partial charge < -0.3 is 19.2 Å². The number of carbonyl (C=O) groups is 2. The van der Waals surface area contributed by atoms with Crippen LogP contribution in [0.3, 0.4) is 0 Å². The number of piperidine rings is 1. The van der Waals surface area contributed by atoms with Gasteiger partial charge in [0.2, 0.25) is 5.88 Å². The Hall–Kier alpha value is -3.91. The second-order valence-electron chi connectivity index (χ2n) is 12.4. The molecule has 2 aromatic rings. The Morgan fingerprint density at radius 3 is 2.69 bits per heavy atom. The van der Waals surface area contributed by atoms with E-state index in [1.54, 1.807) is 19.5 Å². The van der Waals surface area contributed by atoms with Crippen LogP contribution in [0.5, 0.6) is 5.88 Å². The highest BCUT2D eigenvalue weighted by Gasteiger charge is 2.31. The number of hydrogen-bond acceptors (Lipinski definition) is 8. The first-order chi connectivity index (χ1) is 21.9. The first kappa shape index (κ1) is 32.5. The minimum atomic E-state index is -0.213. The molecule has 1 aromatic heterocycles. The van der Waals surface area contributed by atoms with Crippen molar-refractivity contribution >= 4 is 29.2 Å². The van der Waals surface area contributed by atoms with Gasteiger partial charge in [0.15, 0.2) is 0 Å². The molecule has 1 aliphatic heterocycles. The Morgan fingerprint density at radius 2 is 1.98 bits per heavy atom. The van der Waals surface area contributed by atoms with E-state index >= 15 is 0 Å². The van der Waals surface area contributed by atoms with E-state index in [0.29, 0.717) is 18.2 Å². The van der Waals surface area contributed by atoms with Crippen LogP contribution < -0.4 is 4.74 Å². The van der Waals surface area contributed by atoms with Crippen LogP contribution in [0.4, 0.5) is 5.69 Å². The first-order valence-electron chi connectivity index (χ1n) is 16.4. The highest BCUT2D eigenvalue weighted by Crippen LogP contribution is 2.39. The Morgan fingerprint density at radius 1 is 1.16 bits per heavy atom. The molecule has 45 heavy (non-hydrogen) atoms. The third kappa shape index (κ3) is 7.85. The topological polar surface area (TPSA) is 94.0 Å². The number of likely N-dealkylation sites (tertiary alicyclic amines) is 1. The van der Waals surface area contributed by atoms with Crippen molar-refractivity contribution in [1.82, 2.24) is 14.9 Å². The van der Waals surface area contributed by atoms with Gasteiger partial charge >= 0.3 is 5.97 Å². The molecule has 8 nitrogen and oxygen atoms in total. The molecule has 8 heteroatoms. The summed E-state index contributed by atoms with van der Waals surface area (Å²) in [5, 5.41) is 0. The summed E-state index contributed by atoms with van der Waals surface area (Å²) in [6.45, 7) is 7.09. The van der Waals surface area contributed by atoms with Gasteiger partial charge in [-0.15, -0.1) is 0 Å². The zero-order valence-corrected chi connectivity index (χ0v) is 27.1. The van der Waals surface area contributed by atoms with E-state index in [1.165, 1.54) is 18.2 Å². The van der Waals surface area contributed by atoms with Crippen LogP contribution in [-0.2, 0) is 14.3 Å². The summed E-state index contributed by atoms with van der Waals surface area (Å²) >= 11 is 0. The Bertz CT molecular complexity index is 1500. The summed E-state index contributed by atoms with van der Waals surface area (Å²) in [6.07, 6.45) is 18.0. The molecule has 1 aromatic carbocycles. The molecule has 0 spiro atoms. The molecule has 0 bridgehead atoms. The van der Waals surface area contributed by atoms with Crippen molar-refractivity contribution in [2.24, 2.45) is 16.8 Å². The average Bonchev–Trinajstić information content (AvgIpc) is 3.20. The Balaban J connectivity index is 1.47.